The van der Waals surface area contributed by atoms with Crippen molar-refractivity contribution < 1.29 is 0 Å². The van der Waals surface area contributed by atoms with Gasteiger partial charge in [-0.25, -0.2) is 4.98 Å². The van der Waals surface area contributed by atoms with Crippen LogP contribution in [0.3, 0.4) is 0 Å². The first-order valence-electron chi connectivity index (χ1n) is 5.39. The van der Waals surface area contributed by atoms with E-state index in [0.29, 0.717) is 12.0 Å². The van der Waals surface area contributed by atoms with Crippen LogP contribution in [0.4, 0.5) is 0 Å². The minimum absolute atomic E-state index is 0.436. The van der Waals surface area contributed by atoms with Gasteiger partial charge < -0.3 is 9.88 Å². The molecule has 0 bridgehead atoms. The van der Waals surface area contributed by atoms with Gasteiger partial charge in [-0.2, -0.15) is 0 Å². The van der Waals surface area contributed by atoms with E-state index >= 15 is 0 Å². The van der Waals surface area contributed by atoms with Crippen molar-refractivity contribution in [2.45, 2.75) is 26.3 Å². The van der Waals surface area contributed by atoms with E-state index in [-0.39, 0.29) is 0 Å². The molecule has 1 fully saturated rings. The smallest absolute Gasteiger partial charge is 0.125 e. The normalized spacial score (nSPS) is 33.2. The Morgan fingerprint density at radius 1 is 1.50 bits per heavy atom. The second-order valence-electron chi connectivity index (χ2n) is 4.60. The first-order chi connectivity index (χ1) is 6.68. The fourth-order valence-electron chi connectivity index (χ4n) is 2.41. The summed E-state index contributed by atoms with van der Waals surface area (Å²) in [6.07, 6.45) is 5.19. The second kappa shape index (κ2) is 3.73. The number of nitrogens with zero attached hydrogens (tertiary/aromatic N) is 2. The minimum atomic E-state index is 0.436. The summed E-state index contributed by atoms with van der Waals surface area (Å²) in [5.41, 5.74) is 0. The molecule has 3 nitrogen and oxygen atoms in total. The molecule has 3 atom stereocenters. The number of hydrogen-bond donors (Lipinski definition) is 1. The van der Waals surface area contributed by atoms with Gasteiger partial charge in [0, 0.05) is 19.4 Å². The predicted octanol–water partition coefficient (Wildman–Crippen LogP) is 1.73. The molecule has 0 radical (unpaired) electrons. The Labute approximate surface area is 85.5 Å². The SMILES string of the molecule is CC1CNC(c2nccn2C)C(C)C1. The molecular formula is C11H19N3. The Morgan fingerprint density at radius 2 is 2.29 bits per heavy atom. The predicted molar refractivity (Wildman–Crippen MR) is 56.9 cm³/mol. The molecule has 1 aromatic rings. The van der Waals surface area contributed by atoms with Crippen LogP contribution in [-0.4, -0.2) is 16.1 Å². The molecular weight excluding hydrogens is 174 g/mol. The molecule has 1 aliphatic rings. The number of hydrogen-bond acceptors (Lipinski definition) is 2. The average Bonchev–Trinajstić information content (AvgIpc) is 2.52. The molecule has 2 rings (SSSR count). The largest absolute Gasteiger partial charge is 0.337 e. The van der Waals surface area contributed by atoms with E-state index in [1.54, 1.807) is 0 Å². The lowest BCUT2D eigenvalue weighted by molar-refractivity contribution is 0.236. The Morgan fingerprint density at radius 3 is 2.86 bits per heavy atom. The highest BCUT2D eigenvalue weighted by Gasteiger charge is 2.28. The molecule has 0 aromatic carbocycles. The summed E-state index contributed by atoms with van der Waals surface area (Å²) in [6, 6.07) is 0.436. The summed E-state index contributed by atoms with van der Waals surface area (Å²) in [7, 11) is 2.06. The monoisotopic (exact) mass is 193 g/mol. The first kappa shape index (κ1) is 9.71. The summed E-state index contributed by atoms with van der Waals surface area (Å²) < 4.78 is 2.12. The van der Waals surface area contributed by atoms with Crippen molar-refractivity contribution in [2.75, 3.05) is 6.54 Å². The third-order valence-corrected chi connectivity index (χ3v) is 3.17. The van der Waals surface area contributed by atoms with E-state index < -0.39 is 0 Å². The van der Waals surface area contributed by atoms with Crippen LogP contribution >= 0.6 is 0 Å². The van der Waals surface area contributed by atoms with Crippen LogP contribution in [0.1, 0.15) is 32.1 Å². The highest BCUT2D eigenvalue weighted by Crippen LogP contribution is 2.29. The highest BCUT2D eigenvalue weighted by atomic mass is 15.1. The van der Waals surface area contributed by atoms with Crippen LogP contribution in [-0.2, 0) is 7.05 Å². The van der Waals surface area contributed by atoms with Crippen LogP contribution in [0.15, 0.2) is 12.4 Å². The van der Waals surface area contributed by atoms with Crippen molar-refractivity contribution in [1.82, 2.24) is 14.9 Å². The zero-order valence-electron chi connectivity index (χ0n) is 9.20. The molecule has 1 N–H and O–H groups in total. The highest BCUT2D eigenvalue weighted by molar-refractivity contribution is 5.02. The van der Waals surface area contributed by atoms with Crippen LogP contribution < -0.4 is 5.32 Å². The molecule has 1 aliphatic heterocycles. The zero-order chi connectivity index (χ0) is 10.1. The second-order valence-corrected chi connectivity index (χ2v) is 4.60. The molecule has 3 unspecified atom stereocenters. The lowest BCUT2D eigenvalue weighted by Crippen LogP contribution is -2.38. The van der Waals surface area contributed by atoms with E-state index in [2.05, 4.69) is 35.8 Å². The average molecular weight is 193 g/mol. The van der Waals surface area contributed by atoms with Crippen LogP contribution in [0, 0.1) is 11.8 Å². The van der Waals surface area contributed by atoms with Gasteiger partial charge >= 0.3 is 0 Å². The van der Waals surface area contributed by atoms with Gasteiger partial charge in [-0.15, -0.1) is 0 Å². The molecule has 0 spiro atoms. The fourth-order valence-corrected chi connectivity index (χ4v) is 2.41. The van der Waals surface area contributed by atoms with Crippen molar-refractivity contribution in [3.63, 3.8) is 0 Å². The van der Waals surface area contributed by atoms with E-state index in [9.17, 15) is 0 Å². The Kier molecular flexibility index (Phi) is 2.59. The van der Waals surface area contributed by atoms with Crippen LogP contribution in [0.25, 0.3) is 0 Å². The van der Waals surface area contributed by atoms with Crippen LogP contribution in [0.2, 0.25) is 0 Å². The quantitative estimate of drug-likeness (QED) is 0.736. The molecule has 2 heterocycles. The summed E-state index contributed by atoms with van der Waals surface area (Å²) in [6.45, 7) is 5.72. The van der Waals surface area contributed by atoms with E-state index in [0.717, 1.165) is 12.5 Å². The fraction of sp³-hybridized carbons (Fsp3) is 0.727. The number of aryl methyl sites for hydroxylation is 1. The van der Waals surface area contributed by atoms with Crippen molar-refractivity contribution in [3.8, 4) is 0 Å². The maximum atomic E-state index is 4.42. The number of imidazole rings is 1. The van der Waals surface area contributed by atoms with Gasteiger partial charge in [0.05, 0.1) is 6.04 Å². The first-order valence-corrected chi connectivity index (χ1v) is 5.39. The summed E-state index contributed by atoms with van der Waals surface area (Å²) in [5.74, 6) is 2.64. The molecule has 14 heavy (non-hydrogen) atoms. The maximum absolute atomic E-state index is 4.42. The molecule has 78 valence electrons. The van der Waals surface area contributed by atoms with Crippen molar-refractivity contribution in [1.29, 1.82) is 0 Å². The van der Waals surface area contributed by atoms with Gasteiger partial charge in [0.1, 0.15) is 5.82 Å². The summed E-state index contributed by atoms with van der Waals surface area (Å²) in [4.78, 5) is 4.42. The topological polar surface area (TPSA) is 29.9 Å². The van der Waals surface area contributed by atoms with Gasteiger partial charge in [0.15, 0.2) is 0 Å². The zero-order valence-corrected chi connectivity index (χ0v) is 9.20. The number of aromatic nitrogens is 2. The van der Waals surface area contributed by atoms with Gasteiger partial charge in [-0.1, -0.05) is 13.8 Å². The standard InChI is InChI=1S/C11H19N3/c1-8-6-9(2)10(13-7-8)11-12-4-5-14(11)3/h4-5,8-10,13H,6-7H2,1-3H3. The Hall–Kier alpha value is -0.830. The van der Waals surface area contributed by atoms with Crippen molar-refractivity contribution >= 4 is 0 Å². The lowest BCUT2D eigenvalue weighted by atomic mass is 9.86. The third kappa shape index (κ3) is 1.69. The molecule has 0 saturated carbocycles. The number of rotatable bonds is 1. The van der Waals surface area contributed by atoms with E-state index in [1.165, 1.54) is 12.2 Å². The number of piperidine rings is 1. The van der Waals surface area contributed by atoms with Gasteiger partial charge in [-0.05, 0) is 24.8 Å². The molecule has 1 saturated heterocycles. The summed E-state index contributed by atoms with van der Waals surface area (Å²) >= 11 is 0. The Bertz CT molecular complexity index is 305. The molecule has 0 aliphatic carbocycles. The lowest BCUT2D eigenvalue weighted by Gasteiger charge is -2.33. The molecule has 1 aromatic heterocycles. The minimum Gasteiger partial charge on any atom is -0.337 e. The van der Waals surface area contributed by atoms with Crippen LogP contribution in [0.5, 0.6) is 0 Å². The van der Waals surface area contributed by atoms with Gasteiger partial charge in [0.25, 0.3) is 0 Å². The maximum Gasteiger partial charge on any atom is 0.125 e. The Balaban J connectivity index is 2.15. The van der Waals surface area contributed by atoms with Crippen molar-refractivity contribution in [3.05, 3.63) is 18.2 Å². The molecule has 0 amide bonds. The summed E-state index contributed by atoms with van der Waals surface area (Å²) in [5, 5.41) is 3.58. The van der Waals surface area contributed by atoms with Gasteiger partial charge in [0.2, 0.25) is 0 Å². The number of nitrogens with one attached hydrogen (secondary N) is 1. The van der Waals surface area contributed by atoms with Gasteiger partial charge in [-0.3, -0.25) is 0 Å². The van der Waals surface area contributed by atoms with E-state index in [4.69, 9.17) is 0 Å². The van der Waals surface area contributed by atoms with E-state index in [1.807, 2.05) is 12.4 Å². The molecule has 3 heteroatoms. The van der Waals surface area contributed by atoms with Crippen molar-refractivity contribution in [2.24, 2.45) is 18.9 Å². The third-order valence-electron chi connectivity index (χ3n) is 3.17.